The molecule has 1 aliphatic carbocycles. The van der Waals surface area contributed by atoms with Crippen LogP contribution in [-0.4, -0.2) is 66.5 Å². The molecule has 0 bridgehead atoms. The van der Waals surface area contributed by atoms with Gasteiger partial charge in [-0.3, -0.25) is 14.4 Å². The summed E-state index contributed by atoms with van der Waals surface area (Å²) in [4.78, 5) is 56.2. The van der Waals surface area contributed by atoms with Gasteiger partial charge in [0.1, 0.15) is 17.4 Å². The van der Waals surface area contributed by atoms with Crippen LogP contribution in [0.2, 0.25) is 0 Å². The molecule has 3 amide bonds. The standard InChI is InChI=1S/C38H45N3O6/c1-25(35(44)47-37(2,3)4)39-36(45)38(26-13-7-6-8-14-26)22-19-29(28-15-9-11-17-31(28)38)34(43)41-23-20-27(21-24-41)40-33(42)30-16-10-12-18-32(30)46-5/h6-18,25,27,29H,19-24H2,1-5H3,(H,39,45)(H,40,42)/t25-,29-,38+/m0/s1. The van der Waals surface area contributed by atoms with E-state index in [1.165, 1.54) is 0 Å². The third-order valence-corrected chi connectivity index (χ3v) is 9.16. The molecule has 0 saturated carbocycles. The summed E-state index contributed by atoms with van der Waals surface area (Å²) in [6.07, 6.45) is 2.13. The van der Waals surface area contributed by atoms with E-state index in [-0.39, 0.29) is 23.8 Å². The van der Waals surface area contributed by atoms with Gasteiger partial charge in [0.25, 0.3) is 5.91 Å². The monoisotopic (exact) mass is 639 g/mol. The summed E-state index contributed by atoms with van der Waals surface area (Å²) in [7, 11) is 1.54. The predicted octanol–water partition coefficient (Wildman–Crippen LogP) is 5.13. The van der Waals surface area contributed by atoms with Crippen molar-refractivity contribution in [3.63, 3.8) is 0 Å². The van der Waals surface area contributed by atoms with Crippen LogP contribution in [-0.2, 0) is 24.5 Å². The Morgan fingerprint density at radius 2 is 1.51 bits per heavy atom. The minimum atomic E-state index is -1.10. The first-order chi connectivity index (χ1) is 22.4. The zero-order chi connectivity index (χ0) is 33.8. The van der Waals surface area contributed by atoms with Gasteiger partial charge in [0, 0.05) is 19.1 Å². The molecule has 5 rings (SSSR count). The maximum Gasteiger partial charge on any atom is 0.328 e. The van der Waals surface area contributed by atoms with Crippen molar-refractivity contribution in [1.82, 2.24) is 15.5 Å². The molecule has 9 nitrogen and oxygen atoms in total. The van der Waals surface area contributed by atoms with E-state index in [2.05, 4.69) is 10.6 Å². The smallest absolute Gasteiger partial charge is 0.328 e. The third-order valence-electron chi connectivity index (χ3n) is 9.16. The van der Waals surface area contributed by atoms with E-state index in [9.17, 15) is 19.2 Å². The van der Waals surface area contributed by atoms with Gasteiger partial charge in [-0.05, 0) is 82.2 Å². The second-order valence-electron chi connectivity index (χ2n) is 13.5. The van der Waals surface area contributed by atoms with Gasteiger partial charge in [0.05, 0.1) is 24.0 Å². The number of methoxy groups -OCH3 is 1. The topological polar surface area (TPSA) is 114 Å². The molecule has 1 fully saturated rings. The van der Waals surface area contributed by atoms with E-state index in [4.69, 9.17) is 9.47 Å². The van der Waals surface area contributed by atoms with Crippen molar-refractivity contribution < 1.29 is 28.7 Å². The molecular weight excluding hydrogens is 594 g/mol. The number of nitrogens with zero attached hydrogens (tertiary/aromatic N) is 1. The lowest BCUT2D eigenvalue weighted by atomic mass is 9.62. The summed E-state index contributed by atoms with van der Waals surface area (Å²) >= 11 is 0. The number of rotatable bonds is 8. The van der Waals surface area contributed by atoms with Crippen molar-refractivity contribution in [2.45, 2.75) is 82.4 Å². The molecule has 9 heteroatoms. The highest BCUT2D eigenvalue weighted by Gasteiger charge is 2.49. The molecule has 3 aromatic rings. The Balaban J connectivity index is 1.34. The van der Waals surface area contributed by atoms with Gasteiger partial charge in [-0.2, -0.15) is 0 Å². The number of ether oxygens (including phenoxy) is 2. The van der Waals surface area contributed by atoms with Crippen LogP contribution < -0.4 is 15.4 Å². The summed E-state index contributed by atoms with van der Waals surface area (Å²) in [5, 5.41) is 6.06. The molecule has 0 unspecified atom stereocenters. The Morgan fingerprint density at radius 1 is 0.872 bits per heavy atom. The lowest BCUT2D eigenvalue weighted by Crippen LogP contribution is -2.54. The maximum atomic E-state index is 14.4. The normalized spacial score (nSPS) is 20.4. The number of amides is 3. The molecule has 1 saturated heterocycles. The highest BCUT2D eigenvalue weighted by molar-refractivity contribution is 5.98. The molecule has 0 spiro atoms. The van der Waals surface area contributed by atoms with Gasteiger partial charge in [-0.15, -0.1) is 0 Å². The lowest BCUT2D eigenvalue weighted by molar-refractivity contribution is -0.158. The first kappa shape index (κ1) is 33.7. The summed E-state index contributed by atoms with van der Waals surface area (Å²) < 4.78 is 10.9. The average molecular weight is 640 g/mol. The van der Waals surface area contributed by atoms with Crippen LogP contribution in [0.5, 0.6) is 5.75 Å². The molecule has 1 aliphatic heterocycles. The minimum absolute atomic E-state index is 0.0242. The third kappa shape index (κ3) is 7.19. The summed E-state index contributed by atoms with van der Waals surface area (Å²) in [5.74, 6) is -0.867. The molecule has 1 heterocycles. The van der Waals surface area contributed by atoms with E-state index >= 15 is 0 Å². The van der Waals surface area contributed by atoms with E-state index in [1.807, 2.05) is 65.6 Å². The van der Waals surface area contributed by atoms with E-state index in [1.54, 1.807) is 53.0 Å². The highest BCUT2D eigenvalue weighted by atomic mass is 16.6. The summed E-state index contributed by atoms with van der Waals surface area (Å²) in [6, 6.07) is 23.4. The van der Waals surface area contributed by atoms with E-state index in [0.717, 1.165) is 16.7 Å². The Labute approximate surface area is 277 Å². The molecule has 3 atom stereocenters. The molecule has 2 aliphatic rings. The van der Waals surface area contributed by atoms with Crippen LogP contribution >= 0.6 is 0 Å². The summed E-state index contributed by atoms with van der Waals surface area (Å²) in [5.41, 5.74) is 1.09. The van der Waals surface area contributed by atoms with Crippen LogP contribution in [0.15, 0.2) is 78.9 Å². The lowest BCUT2D eigenvalue weighted by Gasteiger charge is -2.43. The number of hydrogen-bond acceptors (Lipinski definition) is 6. The van der Waals surface area contributed by atoms with Crippen LogP contribution in [0.4, 0.5) is 0 Å². The van der Waals surface area contributed by atoms with E-state index < -0.39 is 28.9 Å². The second kappa shape index (κ2) is 14.0. The first-order valence-corrected chi connectivity index (χ1v) is 16.4. The fraction of sp³-hybridized carbons (Fsp3) is 0.421. The fourth-order valence-corrected chi connectivity index (χ4v) is 6.82. The van der Waals surface area contributed by atoms with Crippen molar-refractivity contribution in [2.75, 3.05) is 20.2 Å². The molecule has 248 valence electrons. The van der Waals surface area contributed by atoms with Gasteiger partial charge in [0.2, 0.25) is 11.8 Å². The predicted molar refractivity (Wildman–Crippen MR) is 179 cm³/mol. The number of hydrogen-bond donors (Lipinski definition) is 2. The molecular formula is C38H45N3O6. The Kier molecular flexibility index (Phi) is 10.0. The Hall–Kier alpha value is -4.66. The zero-order valence-corrected chi connectivity index (χ0v) is 27.9. The number of benzene rings is 3. The van der Waals surface area contributed by atoms with Crippen LogP contribution in [0.3, 0.4) is 0 Å². The summed E-state index contributed by atoms with van der Waals surface area (Å²) in [6.45, 7) is 8.05. The molecule has 0 aromatic heterocycles. The second-order valence-corrected chi connectivity index (χ2v) is 13.5. The minimum Gasteiger partial charge on any atom is -0.496 e. The van der Waals surface area contributed by atoms with Gasteiger partial charge < -0.3 is 25.0 Å². The average Bonchev–Trinajstić information content (AvgIpc) is 3.07. The Bertz CT molecular complexity index is 1610. The largest absolute Gasteiger partial charge is 0.496 e. The molecule has 47 heavy (non-hydrogen) atoms. The zero-order valence-electron chi connectivity index (χ0n) is 27.9. The number of likely N-dealkylation sites (tertiary alicyclic amines) is 1. The SMILES string of the molecule is COc1ccccc1C(=O)NC1CCN(C(=O)[C@H]2CC[C@@](C(=O)N[C@@H](C)C(=O)OC(C)(C)C)(c3ccccc3)c3ccccc32)CC1. The van der Waals surface area contributed by atoms with Gasteiger partial charge >= 0.3 is 5.97 Å². The maximum absolute atomic E-state index is 14.4. The molecule has 3 aromatic carbocycles. The van der Waals surface area contributed by atoms with Crippen molar-refractivity contribution in [3.8, 4) is 5.75 Å². The van der Waals surface area contributed by atoms with Crippen LogP contribution in [0, 0.1) is 0 Å². The number of esters is 1. The number of nitrogens with one attached hydrogen (secondary N) is 2. The van der Waals surface area contributed by atoms with Gasteiger partial charge in [-0.25, -0.2) is 4.79 Å². The molecule has 2 N–H and O–H groups in total. The number of piperidine rings is 1. The van der Waals surface area contributed by atoms with Crippen molar-refractivity contribution in [2.24, 2.45) is 0 Å². The van der Waals surface area contributed by atoms with Gasteiger partial charge in [0.15, 0.2) is 0 Å². The van der Waals surface area contributed by atoms with E-state index in [0.29, 0.717) is 50.1 Å². The number of fused-ring (bicyclic) bond motifs is 1. The number of carbonyl (C=O) groups excluding carboxylic acids is 4. The first-order valence-electron chi connectivity index (χ1n) is 16.4. The van der Waals surface area contributed by atoms with Crippen LogP contribution in [0.1, 0.15) is 86.3 Å². The highest BCUT2D eigenvalue weighted by Crippen LogP contribution is 2.48. The number of para-hydroxylation sites is 1. The van der Waals surface area contributed by atoms with Crippen LogP contribution in [0.25, 0.3) is 0 Å². The Morgan fingerprint density at radius 3 is 2.19 bits per heavy atom. The quantitative estimate of drug-likeness (QED) is 0.331. The van der Waals surface area contributed by atoms with Gasteiger partial charge in [-0.1, -0.05) is 66.7 Å². The molecule has 0 radical (unpaired) electrons. The number of carbonyl (C=O) groups is 4. The van der Waals surface area contributed by atoms with Crippen molar-refractivity contribution in [3.05, 3.63) is 101 Å². The van der Waals surface area contributed by atoms with Crippen molar-refractivity contribution in [1.29, 1.82) is 0 Å². The fourth-order valence-electron chi connectivity index (χ4n) is 6.82. The van der Waals surface area contributed by atoms with Crippen molar-refractivity contribution >= 4 is 23.7 Å².